The molecular formula is C10H14N4O7. The van der Waals surface area contributed by atoms with E-state index in [1.807, 2.05) is 0 Å². The number of rotatable bonds is 9. The Morgan fingerprint density at radius 1 is 1.38 bits per heavy atom. The zero-order valence-electron chi connectivity index (χ0n) is 11.3. The van der Waals surface area contributed by atoms with Crippen LogP contribution >= 0.6 is 0 Å². The molecule has 0 spiro atoms. The quantitative estimate of drug-likeness (QED) is 0.280. The van der Waals surface area contributed by atoms with E-state index in [1.54, 1.807) is 6.92 Å². The van der Waals surface area contributed by atoms with Gasteiger partial charge in [0.1, 0.15) is 19.3 Å². The number of carbonyl (C=O) groups excluding carboxylic acids is 1. The number of nitrogens with zero attached hydrogens (tertiary/aromatic N) is 4. The first-order valence-corrected chi connectivity index (χ1v) is 6.01. The lowest BCUT2D eigenvalue weighted by molar-refractivity contribution is -0.757. The highest BCUT2D eigenvalue weighted by Gasteiger charge is 2.17. The summed E-state index contributed by atoms with van der Waals surface area (Å²) in [4.78, 5) is 39.2. The van der Waals surface area contributed by atoms with Crippen LogP contribution in [0, 0.1) is 27.2 Å². The van der Waals surface area contributed by atoms with Crippen molar-refractivity contribution in [3.63, 3.8) is 0 Å². The van der Waals surface area contributed by atoms with Gasteiger partial charge in [-0.2, -0.15) is 0 Å². The van der Waals surface area contributed by atoms with E-state index in [2.05, 4.69) is 9.82 Å². The molecule has 0 aliphatic rings. The first kappa shape index (κ1) is 16.3. The Hall–Kier alpha value is -2.72. The molecule has 116 valence electrons. The second-order valence-electron chi connectivity index (χ2n) is 3.95. The Morgan fingerprint density at radius 3 is 2.71 bits per heavy atom. The lowest BCUT2D eigenvalue weighted by Crippen LogP contribution is -2.14. The minimum absolute atomic E-state index is 0.0289. The number of hydrogen-bond acceptors (Lipinski definition) is 8. The maximum Gasteiger partial charge on any atom is 0.342 e. The highest BCUT2D eigenvalue weighted by molar-refractivity contribution is 5.69. The van der Waals surface area contributed by atoms with E-state index in [9.17, 15) is 25.0 Å². The van der Waals surface area contributed by atoms with E-state index in [4.69, 9.17) is 4.74 Å². The van der Waals surface area contributed by atoms with Crippen molar-refractivity contribution in [2.75, 3.05) is 13.2 Å². The van der Waals surface area contributed by atoms with Crippen LogP contribution < -0.4 is 0 Å². The largest absolute Gasteiger partial charge is 0.461 e. The second kappa shape index (κ2) is 7.77. The average molecular weight is 302 g/mol. The Morgan fingerprint density at radius 2 is 2.10 bits per heavy atom. The fourth-order valence-corrected chi connectivity index (χ4v) is 1.56. The average Bonchev–Trinajstić information content (AvgIpc) is 2.76. The monoisotopic (exact) mass is 302 g/mol. The molecule has 0 bridgehead atoms. The van der Waals surface area contributed by atoms with E-state index in [0.717, 1.165) is 6.20 Å². The van der Waals surface area contributed by atoms with Gasteiger partial charge in [0.25, 0.3) is 5.09 Å². The molecule has 0 aliphatic carbocycles. The van der Waals surface area contributed by atoms with Crippen molar-refractivity contribution in [2.45, 2.75) is 26.3 Å². The molecule has 1 rings (SSSR count). The molecule has 0 unspecified atom stereocenters. The summed E-state index contributed by atoms with van der Waals surface area (Å²) < 4.78 is 6.20. The molecule has 21 heavy (non-hydrogen) atoms. The number of carbonyl (C=O) groups is 1. The minimum Gasteiger partial charge on any atom is -0.461 e. The van der Waals surface area contributed by atoms with Crippen LogP contribution in [0.1, 0.15) is 18.7 Å². The molecule has 0 amide bonds. The number of hydrogen-bond donors (Lipinski definition) is 0. The summed E-state index contributed by atoms with van der Waals surface area (Å²) in [5.41, 5.74) is 0. The van der Waals surface area contributed by atoms with Gasteiger partial charge in [-0.05, 0) is 11.3 Å². The number of esters is 1. The number of ether oxygens (including phenoxy) is 1. The molecule has 11 heteroatoms. The van der Waals surface area contributed by atoms with Gasteiger partial charge in [0.2, 0.25) is 0 Å². The predicted octanol–water partition coefficient (Wildman–Crippen LogP) is 0.631. The molecule has 0 fully saturated rings. The molecule has 1 aromatic heterocycles. The molecule has 1 heterocycles. The molecule has 1 aromatic rings. The molecule has 0 aromatic carbocycles. The number of aryl methyl sites for hydroxylation is 1. The van der Waals surface area contributed by atoms with Gasteiger partial charge in [-0.3, -0.25) is 4.79 Å². The highest BCUT2D eigenvalue weighted by atomic mass is 16.9. The molecule has 0 radical (unpaired) electrons. The molecule has 0 N–H and O–H groups in total. The van der Waals surface area contributed by atoms with Crippen LogP contribution in [0.25, 0.3) is 0 Å². The van der Waals surface area contributed by atoms with Gasteiger partial charge >= 0.3 is 11.8 Å². The summed E-state index contributed by atoms with van der Waals surface area (Å²) in [5, 5.41) is 19.7. The molecule has 0 atom stereocenters. The van der Waals surface area contributed by atoms with Crippen molar-refractivity contribution in [3.05, 3.63) is 32.2 Å². The molecule has 0 aliphatic heterocycles. The fourth-order valence-electron chi connectivity index (χ4n) is 1.56. The van der Waals surface area contributed by atoms with E-state index in [0.29, 0.717) is 5.82 Å². The predicted molar refractivity (Wildman–Crippen MR) is 66.8 cm³/mol. The third-order valence-corrected chi connectivity index (χ3v) is 2.52. The van der Waals surface area contributed by atoms with E-state index in [1.165, 1.54) is 4.57 Å². The maximum atomic E-state index is 11.3. The van der Waals surface area contributed by atoms with Gasteiger partial charge in [0.15, 0.2) is 5.82 Å². The van der Waals surface area contributed by atoms with Crippen LogP contribution in [-0.4, -0.2) is 38.7 Å². The summed E-state index contributed by atoms with van der Waals surface area (Å²) in [5.74, 6) is -0.289. The molecular weight excluding hydrogens is 288 g/mol. The van der Waals surface area contributed by atoms with Crippen molar-refractivity contribution in [3.8, 4) is 0 Å². The third-order valence-electron chi connectivity index (χ3n) is 2.52. The Kier molecular flexibility index (Phi) is 6.04. The van der Waals surface area contributed by atoms with Crippen molar-refractivity contribution in [1.29, 1.82) is 0 Å². The van der Waals surface area contributed by atoms with Crippen LogP contribution in [0.4, 0.5) is 5.82 Å². The normalized spacial score (nSPS) is 10.1. The fraction of sp³-hybridized carbons (Fsp3) is 0.600. The van der Waals surface area contributed by atoms with Crippen LogP contribution in [0.3, 0.4) is 0 Å². The zero-order valence-corrected chi connectivity index (χ0v) is 11.3. The van der Waals surface area contributed by atoms with Gasteiger partial charge in [-0.1, -0.05) is 0 Å². The van der Waals surface area contributed by atoms with Gasteiger partial charge in [0, 0.05) is 13.3 Å². The lowest BCUT2D eigenvalue weighted by Gasteiger charge is -2.05. The van der Waals surface area contributed by atoms with Crippen LogP contribution in [-0.2, 0) is 20.9 Å². The molecule has 0 saturated carbocycles. The summed E-state index contributed by atoms with van der Waals surface area (Å²) in [6.07, 6.45) is 1.26. The van der Waals surface area contributed by atoms with Crippen molar-refractivity contribution in [2.24, 2.45) is 0 Å². The van der Waals surface area contributed by atoms with E-state index >= 15 is 0 Å². The summed E-state index contributed by atoms with van der Waals surface area (Å²) in [6, 6.07) is 0. The second-order valence-corrected chi connectivity index (χ2v) is 3.95. The third kappa shape index (κ3) is 5.42. The van der Waals surface area contributed by atoms with Gasteiger partial charge in [0.05, 0.1) is 6.61 Å². The van der Waals surface area contributed by atoms with Crippen molar-refractivity contribution >= 4 is 11.8 Å². The van der Waals surface area contributed by atoms with Gasteiger partial charge in [-0.15, -0.1) is 10.1 Å². The number of aromatic nitrogens is 2. The highest BCUT2D eigenvalue weighted by Crippen LogP contribution is 2.13. The SMILES string of the molecule is Cc1ncc([N+](=O)[O-])n1CCOC(=O)CCCO[N+](=O)[O-]. The van der Waals surface area contributed by atoms with E-state index < -0.39 is 16.0 Å². The summed E-state index contributed by atoms with van der Waals surface area (Å²) in [6.45, 7) is 1.48. The van der Waals surface area contributed by atoms with Crippen LogP contribution in [0.5, 0.6) is 0 Å². The first-order chi connectivity index (χ1) is 9.91. The zero-order chi connectivity index (χ0) is 15.8. The van der Waals surface area contributed by atoms with Crippen LogP contribution in [0.15, 0.2) is 6.20 Å². The van der Waals surface area contributed by atoms with Crippen LogP contribution in [0.2, 0.25) is 0 Å². The van der Waals surface area contributed by atoms with E-state index in [-0.39, 0.29) is 38.4 Å². The topological polar surface area (TPSA) is 140 Å². The smallest absolute Gasteiger partial charge is 0.342 e. The maximum absolute atomic E-state index is 11.3. The number of imidazole rings is 1. The van der Waals surface area contributed by atoms with Gasteiger partial charge < -0.3 is 19.7 Å². The first-order valence-electron chi connectivity index (χ1n) is 6.01. The Labute approximate surface area is 118 Å². The lowest BCUT2D eigenvalue weighted by atomic mass is 10.3. The molecule has 0 saturated heterocycles. The van der Waals surface area contributed by atoms with Gasteiger partial charge in [-0.25, -0.2) is 9.55 Å². The number of nitro groups is 1. The summed E-state index contributed by atoms with van der Waals surface area (Å²) in [7, 11) is 0. The van der Waals surface area contributed by atoms with Crippen molar-refractivity contribution < 1.29 is 24.4 Å². The summed E-state index contributed by atoms with van der Waals surface area (Å²) >= 11 is 0. The minimum atomic E-state index is -0.938. The van der Waals surface area contributed by atoms with Crippen molar-refractivity contribution in [1.82, 2.24) is 9.55 Å². The Bertz CT molecular complexity index is 527. The Balaban J connectivity index is 2.30. The standard InChI is InChI=1S/C10H14N4O7/c1-8-11-7-9(13(16)17)12(8)4-6-20-10(15)3-2-5-21-14(18)19/h7H,2-6H2,1H3. The molecule has 11 nitrogen and oxygen atoms in total.